The van der Waals surface area contributed by atoms with Crippen LogP contribution in [0.25, 0.3) is 10.6 Å². The van der Waals surface area contributed by atoms with E-state index < -0.39 is 5.97 Å². The summed E-state index contributed by atoms with van der Waals surface area (Å²) >= 11 is 13.0. The molecule has 1 N–H and O–H groups in total. The summed E-state index contributed by atoms with van der Waals surface area (Å²) in [5.41, 5.74) is 1.04. The summed E-state index contributed by atoms with van der Waals surface area (Å²) < 4.78 is 4.94. The molecule has 0 fully saturated rings. The molecular formula is C12H9Cl2NO3S. The number of aromatic nitrogens is 1. The number of methoxy groups -OCH3 is 1. The first-order valence-corrected chi connectivity index (χ1v) is 6.77. The molecule has 2 aromatic rings. The smallest absolute Gasteiger partial charge is 0.347 e. The van der Waals surface area contributed by atoms with Gasteiger partial charge in [0.25, 0.3) is 0 Å². The Morgan fingerprint density at radius 3 is 2.79 bits per heavy atom. The number of rotatable bonds is 4. The lowest BCUT2D eigenvalue weighted by Gasteiger charge is -2.00. The third-order valence-electron chi connectivity index (χ3n) is 2.33. The van der Waals surface area contributed by atoms with Gasteiger partial charge in [-0.15, -0.1) is 11.3 Å². The predicted octanol–water partition coefficient (Wildman–Crippen LogP) is 3.96. The summed E-state index contributed by atoms with van der Waals surface area (Å²) in [5.74, 6) is -1.03. The normalized spacial score (nSPS) is 10.7. The van der Waals surface area contributed by atoms with Gasteiger partial charge in [0.05, 0.1) is 17.3 Å². The molecule has 0 atom stereocenters. The van der Waals surface area contributed by atoms with Gasteiger partial charge in [-0.1, -0.05) is 23.2 Å². The molecule has 0 amide bonds. The molecular weight excluding hydrogens is 309 g/mol. The van der Waals surface area contributed by atoms with Crippen molar-refractivity contribution in [3.63, 3.8) is 0 Å². The zero-order chi connectivity index (χ0) is 14.0. The topological polar surface area (TPSA) is 59.4 Å². The second-order valence-electron chi connectivity index (χ2n) is 3.66. The predicted molar refractivity (Wildman–Crippen MR) is 75.2 cm³/mol. The average Bonchev–Trinajstić information content (AvgIpc) is 2.73. The van der Waals surface area contributed by atoms with Crippen molar-refractivity contribution in [3.8, 4) is 10.6 Å². The molecule has 0 aliphatic heterocycles. The van der Waals surface area contributed by atoms with Gasteiger partial charge < -0.3 is 9.84 Å². The minimum absolute atomic E-state index is 0.142. The van der Waals surface area contributed by atoms with Gasteiger partial charge in [-0.2, -0.15) is 0 Å². The van der Waals surface area contributed by atoms with E-state index >= 15 is 0 Å². The summed E-state index contributed by atoms with van der Waals surface area (Å²) in [5, 5.41) is 10.6. The van der Waals surface area contributed by atoms with Crippen LogP contribution in [-0.2, 0) is 11.3 Å². The number of benzene rings is 1. The number of aromatic carboxylic acids is 1. The van der Waals surface area contributed by atoms with Crippen LogP contribution in [0.5, 0.6) is 0 Å². The number of halogens is 2. The molecule has 0 aliphatic carbocycles. The number of nitrogens with zero attached hydrogens (tertiary/aromatic N) is 1. The first-order valence-electron chi connectivity index (χ1n) is 5.20. The maximum Gasteiger partial charge on any atom is 0.347 e. The quantitative estimate of drug-likeness (QED) is 0.927. The third-order valence-corrected chi connectivity index (χ3v) is 4.00. The van der Waals surface area contributed by atoms with Crippen molar-refractivity contribution in [2.75, 3.05) is 7.11 Å². The summed E-state index contributed by atoms with van der Waals surface area (Å²) in [6.07, 6.45) is 0. The highest BCUT2D eigenvalue weighted by molar-refractivity contribution is 7.17. The van der Waals surface area contributed by atoms with E-state index in [0.717, 1.165) is 11.3 Å². The highest BCUT2D eigenvalue weighted by atomic mass is 35.5. The van der Waals surface area contributed by atoms with Crippen LogP contribution in [0.3, 0.4) is 0 Å². The summed E-state index contributed by atoms with van der Waals surface area (Å²) in [4.78, 5) is 15.6. The molecule has 0 aliphatic rings. The van der Waals surface area contributed by atoms with Crippen LogP contribution < -0.4 is 0 Å². The Kier molecular flexibility index (Phi) is 4.42. The number of thiazole rings is 1. The van der Waals surface area contributed by atoms with E-state index in [4.69, 9.17) is 33.0 Å². The van der Waals surface area contributed by atoms with E-state index in [-0.39, 0.29) is 11.5 Å². The molecule has 1 aromatic carbocycles. The van der Waals surface area contributed by atoms with Crippen LogP contribution in [0.15, 0.2) is 18.2 Å². The number of carboxylic acids is 1. The molecule has 2 rings (SSSR count). The number of carbonyl (C=O) groups is 1. The monoisotopic (exact) mass is 317 g/mol. The fourth-order valence-corrected chi connectivity index (χ4v) is 3.03. The molecule has 0 radical (unpaired) electrons. The van der Waals surface area contributed by atoms with Crippen molar-refractivity contribution in [2.45, 2.75) is 6.61 Å². The number of ether oxygens (including phenoxy) is 1. The van der Waals surface area contributed by atoms with Crippen LogP contribution >= 0.6 is 34.5 Å². The molecule has 4 nitrogen and oxygen atoms in total. The number of hydrogen-bond acceptors (Lipinski definition) is 4. The van der Waals surface area contributed by atoms with Crippen LogP contribution in [0.2, 0.25) is 10.0 Å². The standard InChI is InChI=1S/C12H9Cl2NO3S/c1-18-5-9-10(12(16)17)19-11(15-9)7-3-2-6(13)4-8(7)14/h2-4H,5H2,1H3,(H,16,17). The van der Waals surface area contributed by atoms with Crippen molar-refractivity contribution >= 4 is 40.5 Å². The maximum absolute atomic E-state index is 11.1. The summed E-state index contributed by atoms with van der Waals surface area (Å²) in [7, 11) is 1.49. The lowest BCUT2D eigenvalue weighted by molar-refractivity contribution is 0.0697. The molecule has 1 heterocycles. The third kappa shape index (κ3) is 3.06. The first-order chi connectivity index (χ1) is 9.02. The Morgan fingerprint density at radius 2 is 2.21 bits per heavy atom. The van der Waals surface area contributed by atoms with Crippen molar-refractivity contribution in [1.82, 2.24) is 4.98 Å². The van der Waals surface area contributed by atoms with E-state index in [1.165, 1.54) is 7.11 Å². The molecule has 0 saturated heterocycles. The molecule has 7 heteroatoms. The van der Waals surface area contributed by atoms with Crippen LogP contribution in [0.1, 0.15) is 15.4 Å². The van der Waals surface area contributed by atoms with Gasteiger partial charge in [0.15, 0.2) is 0 Å². The fraction of sp³-hybridized carbons (Fsp3) is 0.167. The van der Waals surface area contributed by atoms with Gasteiger partial charge in [-0.3, -0.25) is 0 Å². The molecule has 0 saturated carbocycles. The molecule has 19 heavy (non-hydrogen) atoms. The van der Waals surface area contributed by atoms with Crippen LogP contribution in [0.4, 0.5) is 0 Å². The van der Waals surface area contributed by atoms with Gasteiger partial charge in [-0.25, -0.2) is 9.78 Å². The zero-order valence-corrected chi connectivity index (χ0v) is 12.1. The second kappa shape index (κ2) is 5.88. The van der Waals surface area contributed by atoms with E-state index in [1.807, 2.05) is 0 Å². The Bertz CT molecular complexity index is 627. The lowest BCUT2D eigenvalue weighted by atomic mass is 10.2. The number of hydrogen-bond donors (Lipinski definition) is 1. The minimum Gasteiger partial charge on any atom is -0.477 e. The average molecular weight is 318 g/mol. The van der Waals surface area contributed by atoms with E-state index in [9.17, 15) is 4.79 Å². The van der Waals surface area contributed by atoms with Crippen molar-refractivity contribution < 1.29 is 14.6 Å². The van der Waals surface area contributed by atoms with Crippen molar-refractivity contribution in [2.24, 2.45) is 0 Å². The minimum atomic E-state index is -1.03. The molecule has 1 aromatic heterocycles. The van der Waals surface area contributed by atoms with E-state index in [2.05, 4.69) is 4.98 Å². The van der Waals surface area contributed by atoms with E-state index in [0.29, 0.717) is 26.3 Å². The highest BCUT2D eigenvalue weighted by Gasteiger charge is 2.19. The SMILES string of the molecule is COCc1nc(-c2ccc(Cl)cc2Cl)sc1C(=O)O. The summed E-state index contributed by atoms with van der Waals surface area (Å²) in [6, 6.07) is 4.99. The molecule has 100 valence electrons. The Balaban J connectivity index is 2.50. The van der Waals surface area contributed by atoms with Crippen molar-refractivity contribution in [1.29, 1.82) is 0 Å². The van der Waals surface area contributed by atoms with Gasteiger partial charge >= 0.3 is 5.97 Å². The lowest BCUT2D eigenvalue weighted by Crippen LogP contribution is -1.99. The highest BCUT2D eigenvalue weighted by Crippen LogP contribution is 2.34. The first kappa shape index (κ1) is 14.3. The molecule has 0 spiro atoms. The Morgan fingerprint density at radius 1 is 1.47 bits per heavy atom. The Labute approximate surface area is 123 Å². The summed E-state index contributed by atoms with van der Waals surface area (Å²) in [6.45, 7) is 0.142. The molecule has 0 bridgehead atoms. The van der Waals surface area contributed by atoms with Gasteiger partial charge in [-0.05, 0) is 18.2 Å². The van der Waals surface area contributed by atoms with Crippen LogP contribution in [0, 0.1) is 0 Å². The maximum atomic E-state index is 11.1. The van der Waals surface area contributed by atoms with Gasteiger partial charge in [0.2, 0.25) is 0 Å². The largest absolute Gasteiger partial charge is 0.477 e. The number of carboxylic acid groups (broad SMARTS) is 1. The van der Waals surface area contributed by atoms with E-state index in [1.54, 1.807) is 18.2 Å². The molecule has 0 unspecified atom stereocenters. The second-order valence-corrected chi connectivity index (χ2v) is 5.50. The van der Waals surface area contributed by atoms with Gasteiger partial charge in [0, 0.05) is 17.7 Å². The van der Waals surface area contributed by atoms with Crippen LogP contribution in [-0.4, -0.2) is 23.2 Å². The van der Waals surface area contributed by atoms with Gasteiger partial charge in [0.1, 0.15) is 9.88 Å². The Hall–Kier alpha value is -1.14. The van der Waals surface area contributed by atoms with Crippen molar-refractivity contribution in [3.05, 3.63) is 38.8 Å². The zero-order valence-electron chi connectivity index (χ0n) is 9.81. The fourth-order valence-electron chi connectivity index (χ4n) is 1.53.